The van der Waals surface area contributed by atoms with Crippen LogP contribution in [0.25, 0.3) is 0 Å². The quantitative estimate of drug-likeness (QED) is 0.818. The van der Waals surface area contributed by atoms with Crippen molar-refractivity contribution in [3.63, 3.8) is 0 Å². The molecule has 0 bridgehead atoms. The number of aliphatic hydroxyl groups excluding tert-OH is 1. The number of nitrogens with one attached hydrogen (secondary N) is 1. The number of hydrogen-bond acceptors (Lipinski definition) is 3. The van der Waals surface area contributed by atoms with E-state index in [9.17, 15) is 13.6 Å². The van der Waals surface area contributed by atoms with Gasteiger partial charge in [-0.3, -0.25) is 4.79 Å². The van der Waals surface area contributed by atoms with Crippen LogP contribution in [0.5, 0.6) is 5.75 Å². The highest BCUT2D eigenvalue weighted by Gasteiger charge is 2.41. The molecule has 1 atom stereocenters. The van der Waals surface area contributed by atoms with Crippen LogP contribution in [0.3, 0.4) is 0 Å². The maximum Gasteiger partial charge on any atom is 0.349 e. The summed E-state index contributed by atoms with van der Waals surface area (Å²) in [6, 6.07) is 13.1. The van der Waals surface area contributed by atoms with E-state index in [4.69, 9.17) is 9.84 Å². The average Bonchev–Trinajstić information content (AvgIpc) is 2.62. The van der Waals surface area contributed by atoms with Crippen molar-refractivity contribution in [3.8, 4) is 5.75 Å². The van der Waals surface area contributed by atoms with Crippen molar-refractivity contribution in [1.82, 2.24) is 5.32 Å². The lowest BCUT2D eigenvalue weighted by Crippen LogP contribution is -2.40. The minimum Gasteiger partial charge on any atom is -0.497 e. The van der Waals surface area contributed by atoms with E-state index in [2.05, 4.69) is 5.32 Å². The van der Waals surface area contributed by atoms with Gasteiger partial charge in [0.2, 0.25) is 0 Å². The lowest BCUT2D eigenvalue weighted by molar-refractivity contribution is -0.148. The second-order valence-electron chi connectivity index (χ2n) is 5.25. The zero-order chi connectivity index (χ0) is 17.6. The van der Waals surface area contributed by atoms with E-state index in [1.807, 2.05) is 0 Å². The first-order valence-electron chi connectivity index (χ1n) is 7.48. The molecule has 0 saturated carbocycles. The first kappa shape index (κ1) is 17.9. The predicted molar refractivity (Wildman–Crippen MR) is 85.9 cm³/mol. The van der Waals surface area contributed by atoms with Gasteiger partial charge in [0, 0.05) is 12.2 Å². The van der Waals surface area contributed by atoms with Crippen molar-refractivity contribution in [1.29, 1.82) is 0 Å². The summed E-state index contributed by atoms with van der Waals surface area (Å²) in [7, 11) is 1.43. The van der Waals surface area contributed by atoms with Gasteiger partial charge in [-0.05, 0) is 36.2 Å². The first-order chi connectivity index (χ1) is 11.5. The number of hydrogen-bond donors (Lipinski definition) is 2. The number of halogens is 2. The zero-order valence-electron chi connectivity index (χ0n) is 13.2. The highest BCUT2D eigenvalue weighted by Crippen LogP contribution is 2.31. The molecule has 6 heteroatoms. The highest BCUT2D eigenvalue weighted by molar-refractivity contribution is 5.85. The SMILES string of the molecule is COc1ccc(C(F)(F)C(=O)NC(CCO)c2ccccc2)cc1. The number of rotatable bonds is 7. The third kappa shape index (κ3) is 4.08. The molecule has 0 saturated heterocycles. The molecule has 24 heavy (non-hydrogen) atoms. The Morgan fingerprint density at radius 3 is 2.33 bits per heavy atom. The number of alkyl halides is 2. The number of aliphatic hydroxyl groups is 1. The summed E-state index contributed by atoms with van der Waals surface area (Å²) in [4.78, 5) is 12.1. The minimum absolute atomic E-state index is 0.147. The molecule has 1 amide bonds. The molecule has 0 aromatic heterocycles. The van der Waals surface area contributed by atoms with E-state index in [0.29, 0.717) is 11.3 Å². The molecule has 0 fully saturated rings. The lowest BCUT2D eigenvalue weighted by Gasteiger charge is -2.22. The van der Waals surface area contributed by atoms with Crippen molar-refractivity contribution in [3.05, 3.63) is 65.7 Å². The second-order valence-corrected chi connectivity index (χ2v) is 5.25. The van der Waals surface area contributed by atoms with Crippen LogP contribution in [0.2, 0.25) is 0 Å². The fourth-order valence-corrected chi connectivity index (χ4v) is 2.32. The van der Waals surface area contributed by atoms with Crippen LogP contribution in [-0.2, 0) is 10.7 Å². The molecule has 0 spiro atoms. The van der Waals surface area contributed by atoms with Gasteiger partial charge in [0.25, 0.3) is 5.91 Å². The largest absolute Gasteiger partial charge is 0.497 e. The molecule has 2 aromatic rings. The van der Waals surface area contributed by atoms with Gasteiger partial charge in [-0.15, -0.1) is 0 Å². The fourth-order valence-electron chi connectivity index (χ4n) is 2.32. The Labute approximate surface area is 139 Å². The summed E-state index contributed by atoms with van der Waals surface area (Å²) in [5, 5.41) is 11.5. The van der Waals surface area contributed by atoms with Crippen molar-refractivity contribution in [2.45, 2.75) is 18.4 Å². The summed E-state index contributed by atoms with van der Waals surface area (Å²) >= 11 is 0. The van der Waals surface area contributed by atoms with E-state index in [-0.39, 0.29) is 13.0 Å². The van der Waals surface area contributed by atoms with Crippen LogP contribution < -0.4 is 10.1 Å². The minimum atomic E-state index is -3.69. The summed E-state index contributed by atoms with van der Waals surface area (Å²) in [5.41, 5.74) is 0.238. The Hall–Kier alpha value is -2.47. The topological polar surface area (TPSA) is 58.6 Å². The predicted octanol–water partition coefficient (Wildman–Crippen LogP) is 3.03. The van der Waals surface area contributed by atoms with Crippen LogP contribution in [0.4, 0.5) is 8.78 Å². The Bertz CT molecular complexity index is 660. The first-order valence-corrected chi connectivity index (χ1v) is 7.48. The molecular formula is C18H19F2NO3. The van der Waals surface area contributed by atoms with Gasteiger partial charge in [0.05, 0.1) is 13.2 Å². The van der Waals surface area contributed by atoms with Gasteiger partial charge in [-0.1, -0.05) is 30.3 Å². The average molecular weight is 335 g/mol. The van der Waals surface area contributed by atoms with E-state index >= 15 is 0 Å². The Balaban J connectivity index is 2.18. The molecule has 4 nitrogen and oxygen atoms in total. The smallest absolute Gasteiger partial charge is 0.349 e. The molecule has 2 rings (SSSR count). The van der Waals surface area contributed by atoms with Gasteiger partial charge in [-0.25, -0.2) is 0 Å². The number of amides is 1. The van der Waals surface area contributed by atoms with Gasteiger partial charge in [0.15, 0.2) is 0 Å². The molecule has 0 aliphatic carbocycles. The molecular weight excluding hydrogens is 316 g/mol. The number of ether oxygens (including phenoxy) is 1. The third-order valence-electron chi connectivity index (χ3n) is 3.66. The van der Waals surface area contributed by atoms with Gasteiger partial charge in [-0.2, -0.15) is 8.78 Å². The van der Waals surface area contributed by atoms with Crippen LogP contribution in [-0.4, -0.2) is 24.7 Å². The highest BCUT2D eigenvalue weighted by atomic mass is 19.3. The van der Waals surface area contributed by atoms with Crippen molar-refractivity contribution in [2.75, 3.05) is 13.7 Å². The molecule has 0 aliphatic heterocycles. The molecule has 128 valence electrons. The Morgan fingerprint density at radius 2 is 1.79 bits per heavy atom. The van der Waals surface area contributed by atoms with Crippen LogP contribution in [0.15, 0.2) is 54.6 Å². The summed E-state index contributed by atoms with van der Waals surface area (Å²) in [6.45, 7) is -0.228. The summed E-state index contributed by atoms with van der Waals surface area (Å²) < 4.78 is 33.7. The summed E-state index contributed by atoms with van der Waals surface area (Å²) in [5.74, 6) is -4.67. The Morgan fingerprint density at radius 1 is 1.17 bits per heavy atom. The number of methoxy groups -OCH3 is 1. The van der Waals surface area contributed by atoms with Gasteiger partial charge >= 0.3 is 5.92 Å². The van der Waals surface area contributed by atoms with Crippen LogP contribution in [0.1, 0.15) is 23.6 Å². The molecule has 2 aromatic carbocycles. The monoisotopic (exact) mass is 335 g/mol. The van der Waals surface area contributed by atoms with Crippen molar-refractivity contribution >= 4 is 5.91 Å². The summed E-state index contributed by atoms with van der Waals surface area (Å²) in [6.07, 6.45) is 0.147. The standard InChI is InChI=1S/C18H19F2NO3/c1-24-15-9-7-14(8-10-15)18(19,20)17(23)21-16(11-12-22)13-5-3-2-4-6-13/h2-10,16,22H,11-12H2,1H3,(H,21,23). The van der Waals surface area contributed by atoms with Gasteiger partial charge < -0.3 is 15.2 Å². The molecule has 0 radical (unpaired) electrons. The van der Waals surface area contributed by atoms with Crippen molar-refractivity contribution < 1.29 is 23.4 Å². The van der Waals surface area contributed by atoms with Gasteiger partial charge in [0.1, 0.15) is 5.75 Å². The molecule has 0 aliphatic rings. The Kier molecular flexibility index (Phi) is 5.87. The van der Waals surface area contributed by atoms with Crippen LogP contribution >= 0.6 is 0 Å². The maximum absolute atomic E-state index is 14.4. The van der Waals surface area contributed by atoms with E-state index in [0.717, 1.165) is 12.1 Å². The third-order valence-corrected chi connectivity index (χ3v) is 3.66. The second kappa shape index (κ2) is 7.88. The van der Waals surface area contributed by atoms with Crippen LogP contribution in [0, 0.1) is 0 Å². The van der Waals surface area contributed by atoms with Crippen molar-refractivity contribution in [2.24, 2.45) is 0 Å². The molecule has 1 unspecified atom stereocenters. The number of benzene rings is 2. The molecule has 0 heterocycles. The van der Waals surface area contributed by atoms with E-state index in [1.165, 1.54) is 19.2 Å². The lowest BCUT2D eigenvalue weighted by atomic mass is 10.0. The zero-order valence-corrected chi connectivity index (χ0v) is 13.2. The number of carbonyl (C=O) groups excluding carboxylic acids is 1. The van der Waals surface area contributed by atoms with E-state index < -0.39 is 23.4 Å². The number of carbonyl (C=O) groups is 1. The maximum atomic E-state index is 14.4. The van der Waals surface area contributed by atoms with E-state index in [1.54, 1.807) is 30.3 Å². The normalized spacial score (nSPS) is 12.5. The fraction of sp³-hybridized carbons (Fsp3) is 0.278. The molecule has 2 N–H and O–H groups in total.